The number of nitrogens with zero attached hydrogens (tertiary/aromatic N) is 1. The molecule has 1 heterocycles. The van der Waals surface area contributed by atoms with Crippen molar-refractivity contribution in [1.29, 1.82) is 0 Å². The molecule has 0 fully saturated rings. The number of fused-ring (bicyclic) bond motifs is 1. The minimum absolute atomic E-state index is 0.602. The molecule has 0 saturated carbocycles. The van der Waals surface area contributed by atoms with Crippen LogP contribution < -0.4 is 4.57 Å². The quantitative estimate of drug-likeness (QED) is 0.512. The molecule has 130 valence electrons. The number of aromatic nitrogens is 1. The first-order valence-electron chi connectivity index (χ1n) is 9.35. The van der Waals surface area contributed by atoms with Crippen molar-refractivity contribution in [3.05, 3.63) is 64.3 Å². The van der Waals surface area contributed by atoms with Crippen molar-refractivity contribution >= 4 is 10.8 Å². The van der Waals surface area contributed by atoms with Crippen LogP contribution in [0.2, 0.25) is 0 Å². The molecular formula is C24H30N+. The van der Waals surface area contributed by atoms with Gasteiger partial charge in [0.05, 0.1) is 10.9 Å². The van der Waals surface area contributed by atoms with Crippen molar-refractivity contribution in [3.63, 3.8) is 0 Å². The SMILES string of the molecule is CCC(C)c1ccc2c(-c3cc(C)cc(C)c3C)[n+](C)c(C)cc2c1. The van der Waals surface area contributed by atoms with Crippen molar-refractivity contribution in [2.45, 2.75) is 53.9 Å². The molecule has 1 nitrogen and oxygen atoms in total. The summed E-state index contributed by atoms with van der Waals surface area (Å²) in [7, 11) is 2.18. The molecule has 1 heteroatoms. The first-order chi connectivity index (χ1) is 11.8. The highest BCUT2D eigenvalue weighted by Gasteiger charge is 2.21. The highest BCUT2D eigenvalue weighted by Crippen LogP contribution is 2.32. The predicted octanol–water partition coefficient (Wildman–Crippen LogP) is 6.08. The molecule has 0 aliphatic rings. The van der Waals surface area contributed by atoms with E-state index in [-0.39, 0.29) is 0 Å². The van der Waals surface area contributed by atoms with Crippen molar-refractivity contribution in [1.82, 2.24) is 0 Å². The van der Waals surface area contributed by atoms with Gasteiger partial charge in [0.1, 0.15) is 7.05 Å². The standard InChI is InChI=1S/C24H30N/c1-8-16(3)20-9-10-22-21(14-20)13-18(5)25(7)24(22)23-12-15(2)11-17(4)19(23)6/h9-14,16H,8H2,1-7H3/q+1. The maximum Gasteiger partial charge on any atom is 0.220 e. The summed E-state index contributed by atoms with van der Waals surface area (Å²) in [6, 6.07) is 14.0. The molecule has 0 aliphatic heterocycles. The predicted molar refractivity (Wildman–Crippen MR) is 108 cm³/mol. The molecule has 0 radical (unpaired) electrons. The van der Waals surface area contributed by atoms with Crippen LogP contribution in [0.25, 0.3) is 22.0 Å². The number of benzene rings is 2. The van der Waals surface area contributed by atoms with E-state index in [1.54, 1.807) is 0 Å². The van der Waals surface area contributed by atoms with Crippen LogP contribution in [0.5, 0.6) is 0 Å². The molecule has 0 bridgehead atoms. The average Bonchev–Trinajstić information content (AvgIpc) is 2.58. The number of aryl methyl sites for hydroxylation is 3. The van der Waals surface area contributed by atoms with E-state index < -0.39 is 0 Å². The largest absolute Gasteiger partial charge is 0.220 e. The van der Waals surface area contributed by atoms with Crippen molar-refractivity contribution in [2.24, 2.45) is 7.05 Å². The summed E-state index contributed by atoms with van der Waals surface area (Å²) in [4.78, 5) is 0. The lowest BCUT2D eigenvalue weighted by atomic mass is 9.91. The minimum atomic E-state index is 0.602. The molecule has 1 unspecified atom stereocenters. The van der Waals surface area contributed by atoms with Gasteiger partial charge in [0.25, 0.3) is 0 Å². The highest BCUT2D eigenvalue weighted by atomic mass is 14.9. The van der Waals surface area contributed by atoms with Gasteiger partial charge in [-0.25, -0.2) is 0 Å². The van der Waals surface area contributed by atoms with E-state index in [9.17, 15) is 0 Å². The maximum absolute atomic E-state index is 2.39. The van der Waals surface area contributed by atoms with Gasteiger partial charge in [-0.2, -0.15) is 4.57 Å². The van der Waals surface area contributed by atoms with Gasteiger partial charge >= 0.3 is 0 Å². The highest BCUT2D eigenvalue weighted by molar-refractivity contribution is 5.94. The monoisotopic (exact) mass is 332 g/mol. The Bertz CT molecular complexity index is 950. The van der Waals surface area contributed by atoms with E-state index in [0.29, 0.717) is 5.92 Å². The molecule has 3 aromatic rings. The van der Waals surface area contributed by atoms with Crippen molar-refractivity contribution < 1.29 is 4.57 Å². The maximum atomic E-state index is 2.39. The van der Waals surface area contributed by atoms with E-state index in [0.717, 1.165) is 0 Å². The lowest BCUT2D eigenvalue weighted by Gasteiger charge is -2.14. The van der Waals surface area contributed by atoms with E-state index in [4.69, 9.17) is 0 Å². The third-order valence-electron chi connectivity index (χ3n) is 5.81. The third kappa shape index (κ3) is 3.08. The van der Waals surface area contributed by atoms with Crippen LogP contribution >= 0.6 is 0 Å². The van der Waals surface area contributed by atoms with Crippen LogP contribution in [0.1, 0.15) is 54.1 Å². The third-order valence-corrected chi connectivity index (χ3v) is 5.81. The minimum Gasteiger partial charge on any atom is -0.198 e. The number of pyridine rings is 1. The van der Waals surface area contributed by atoms with Crippen LogP contribution in [0, 0.1) is 27.7 Å². The zero-order valence-corrected chi connectivity index (χ0v) is 16.7. The van der Waals surface area contributed by atoms with Gasteiger partial charge in [0.2, 0.25) is 5.69 Å². The van der Waals surface area contributed by atoms with Crippen molar-refractivity contribution in [3.8, 4) is 11.3 Å². The van der Waals surface area contributed by atoms with Crippen LogP contribution in [0.4, 0.5) is 0 Å². The first-order valence-corrected chi connectivity index (χ1v) is 9.35. The summed E-state index contributed by atoms with van der Waals surface area (Å²) in [6.07, 6.45) is 1.17. The summed E-state index contributed by atoms with van der Waals surface area (Å²) >= 11 is 0. The number of hydrogen-bond acceptors (Lipinski definition) is 0. The first kappa shape index (κ1) is 17.7. The Morgan fingerprint density at radius 1 is 0.960 bits per heavy atom. The summed E-state index contributed by atoms with van der Waals surface area (Å²) in [6.45, 7) is 13.4. The van der Waals surface area contributed by atoms with Gasteiger partial charge in [-0.3, -0.25) is 0 Å². The molecule has 1 atom stereocenters. The van der Waals surface area contributed by atoms with Gasteiger partial charge < -0.3 is 0 Å². The fraction of sp³-hybridized carbons (Fsp3) is 0.375. The Kier molecular flexibility index (Phi) is 4.69. The van der Waals surface area contributed by atoms with E-state index in [2.05, 4.69) is 89.6 Å². The fourth-order valence-electron chi connectivity index (χ4n) is 3.75. The van der Waals surface area contributed by atoms with E-state index >= 15 is 0 Å². The second-order valence-electron chi connectivity index (χ2n) is 7.60. The Hall–Kier alpha value is -2.15. The summed E-state index contributed by atoms with van der Waals surface area (Å²) < 4.78 is 2.34. The van der Waals surface area contributed by atoms with Crippen molar-refractivity contribution in [2.75, 3.05) is 0 Å². The van der Waals surface area contributed by atoms with E-state index in [1.807, 2.05) is 0 Å². The average molecular weight is 333 g/mol. The number of rotatable bonds is 3. The summed E-state index contributed by atoms with van der Waals surface area (Å²) in [5, 5.41) is 2.69. The number of hydrogen-bond donors (Lipinski definition) is 0. The van der Waals surface area contributed by atoms with Crippen LogP contribution in [0.3, 0.4) is 0 Å². The second kappa shape index (κ2) is 6.63. The Morgan fingerprint density at radius 2 is 1.68 bits per heavy atom. The van der Waals surface area contributed by atoms with Crippen LogP contribution in [0.15, 0.2) is 36.4 Å². The lowest BCUT2D eigenvalue weighted by molar-refractivity contribution is -0.665. The second-order valence-corrected chi connectivity index (χ2v) is 7.60. The zero-order chi connectivity index (χ0) is 18.3. The fourth-order valence-corrected chi connectivity index (χ4v) is 3.75. The molecule has 0 saturated heterocycles. The Morgan fingerprint density at radius 3 is 2.36 bits per heavy atom. The molecule has 0 N–H and O–H groups in total. The molecule has 0 amide bonds. The summed E-state index contributed by atoms with van der Waals surface area (Å²) in [5.41, 5.74) is 9.47. The van der Waals surface area contributed by atoms with Gasteiger partial charge in [-0.1, -0.05) is 37.6 Å². The smallest absolute Gasteiger partial charge is 0.198 e. The van der Waals surface area contributed by atoms with Gasteiger partial charge in [0.15, 0.2) is 5.69 Å². The van der Waals surface area contributed by atoms with Crippen LogP contribution in [-0.4, -0.2) is 0 Å². The molecule has 3 rings (SSSR count). The van der Waals surface area contributed by atoms with Gasteiger partial charge in [-0.05, 0) is 67.3 Å². The molecule has 2 aromatic carbocycles. The topological polar surface area (TPSA) is 3.88 Å². The molecule has 0 aliphatic carbocycles. The van der Waals surface area contributed by atoms with Gasteiger partial charge in [0, 0.05) is 13.0 Å². The van der Waals surface area contributed by atoms with Gasteiger partial charge in [-0.15, -0.1) is 0 Å². The molecule has 0 spiro atoms. The lowest BCUT2D eigenvalue weighted by Crippen LogP contribution is -2.35. The van der Waals surface area contributed by atoms with E-state index in [1.165, 1.54) is 56.4 Å². The normalized spacial score (nSPS) is 12.6. The summed E-state index contributed by atoms with van der Waals surface area (Å²) in [5.74, 6) is 0.602. The molecule has 25 heavy (non-hydrogen) atoms. The zero-order valence-electron chi connectivity index (χ0n) is 16.7. The Labute approximate surface area is 152 Å². The molecular weight excluding hydrogens is 302 g/mol. The molecule has 1 aromatic heterocycles. The Balaban J connectivity index is 2.37. The van der Waals surface area contributed by atoms with Crippen LogP contribution in [-0.2, 0) is 7.05 Å².